The summed E-state index contributed by atoms with van der Waals surface area (Å²) < 4.78 is 0. The summed E-state index contributed by atoms with van der Waals surface area (Å²) in [6, 6.07) is 14.2. The molecule has 4 heteroatoms. The Kier molecular flexibility index (Phi) is 3.83. The molecular weight excluding hydrogens is 250 g/mol. The van der Waals surface area contributed by atoms with Gasteiger partial charge in [0.05, 0.1) is 0 Å². The fourth-order valence-electron chi connectivity index (χ4n) is 2.59. The third kappa shape index (κ3) is 3.08. The van der Waals surface area contributed by atoms with Crippen molar-refractivity contribution in [2.75, 3.05) is 18.4 Å². The zero-order valence-corrected chi connectivity index (χ0v) is 11.4. The molecule has 1 heterocycles. The number of nitrogens with one attached hydrogen (secondary N) is 3. The number of amides is 2. The Morgan fingerprint density at radius 3 is 2.60 bits per heavy atom. The molecule has 0 saturated carbocycles. The third-order valence-electron chi connectivity index (χ3n) is 3.68. The Morgan fingerprint density at radius 2 is 1.80 bits per heavy atom. The van der Waals surface area contributed by atoms with Gasteiger partial charge in [0, 0.05) is 11.7 Å². The van der Waals surface area contributed by atoms with Crippen molar-refractivity contribution < 1.29 is 4.79 Å². The first kappa shape index (κ1) is 12.9. The van der Waals surface area contributed by atoms with E-state index < -0.39 is 0 Å². The normalized spacial score (nSPS) is 16.0. The molecule has 0 radical (unpaired) electrons. The maximum Gasteiger partial charge on any atom is 0.319 e. The highest BCUT2D eigenvalue weighted by molar-refractivity contribution is 5.93. The highest BCUT2D eigenvalue weighted by Gasteiger charge is 2.15. The molecular formula is C16H19N3O. The van der Waals surface area contributed by atoms with E-state index in [4.69, 9.17) is 0 Å². The number of carbonyl (C=O) groups is 1. The molecule has 2 amide bonds. The summed E-state index contributed by atoms with van der Waals surface area (Å²) in [5.41, 5.74) is 0.829. The van der Waals surface area contributed by atoms with Gasteiger partial charge in [0.1, 0.15) is 0 Å². The number of benzene rings is 2. The summed E-state index contributed by atoms with van der Waals surface area (Å²) in [6.45, 7) is 1.95. The predicted molar refractivity (Wildman–Crippen MR) is 82.0 cm³/mol. The van der Waals surface area contributed by atoms with Crippen molar-refractivity contribution in [2.24, 2.45) is 0 Å². The minimum Gasteiger partial charge on any atom is -0.335 e. The molecule has 2 aromatic carbocycles. The molecule has 2 aromatic rings. The van der Waals surface area contributed by atoms with Crippen LogP contribution in [-0.2, 0) is 0 Å². The van der Waals surface area contributed by atoms with Crippen LogP contribution in [-0.4, -0.2) is 25.2 Å². The van der Waals surface area contributed by atoms with Crippen molar-refractivity contribution in [1.82, 2.24) is 10.6 Å². The van der Waals surface area contributed by atoms with Crippen molar-refractivity contribution in [3.8, 4) is 0 Å². The van der Waals surface area contributed by atoms with Crippen LogP contribution >= 0.6 is 0 Å². The van der Waals surface area contributed by atoms with Gasteiger partial charge in [-0.3, -0.25) is 0 Å². The largest absolute Gasteiger partial charge is 0.335 e. The lowest BCUT2D eigenvalue weighted by Gasteiger charge is -2.23. The topological polar surface area (TPSA) is 53.2 Å². The van der Waals surface area contributed by atoms with E-state index in [2.05, 4.69) is 22.0 Å². The van der Waals surface area contributed by atoms with Gasteiger partial charge in [0.2, 0.25) is 0 Å². The monoisotopic (exact) mass is 269 g/mol. The van der Waals surface area contributed by atoms with Gasteiger partial charge in [-0.25, -0.2) is 4.79 Å². The van der Waals surface area contributed by atoms with Gasteiger partial charge in [0.25, 0.3) is 0 Å². The van der Waals surface area contributed by atoms with E-state index >= 15 is 0 Å². The summed E-state index contributed by atoms with van der Waals surface area (Å²) in [5, 5.41) is 11.5. The van der Waals surface area contributed by atoms with E-state index in [9.17, 15) is 4.79 Å². The molecule has 0 atom stereocenters. The molecule has 0 bridgehead atoms. The summed E-state index contributed by atoms with van der Waals surface area (Å²) in [4.78, 5) is 12.0. The predicted octanol–water partition coefficient (Wildman–Crippen LogP) is 2.71. The summed E-state index contributed by atoms with van der Waals surface area (Å²) in [5.74, 6) is 0. The van der Waals surface area contributed by atoms with Gasteiger partial charge in [0.15, 0.2) is 0 Å². The summed E-state index contributed by atoms with van der Waals surface area (Å²) in [7, 11) is 0. The molecule has 1 aliphatic rings. The van der Waals surface area contributed by atoms with E-state index in [-0.39, 0.29) is 12.1 Å². The molecule has 4 nitrogen and oxygen atoms in total. The van der Waals surface area contributed by atoms with Crippen molar-refractivity contribution in [3.63, 3.8) is 0 Å². The highest BCUT2D eigenvalue weighted by Crippen LogP contribution is 2.18. The molecule has 0 spiro atoms. The Balaban J connectivity index is 1.64. The maximum atomic E-state index is 12.0. The van der Waals surface area contributed by atoms with Crippen LogP contribution in [0, 0.1) is 0 Å². The molecule has 1 aliphatic heterocycles. The van der Waals surface area contributed by atoms with Gasteiger partial charge in [-0.1, -0.05) is 30.3 Å². The zero-order valence-electron chi connectivity index (χ0n) is 11.4. The Labute approximate surface area is 118 Å². The van der Waals surface area contributed by atoms with Crippen LogP contribution < -0.4 is 16.0 Å². The second kappa shape index (κ2) is 5.92. The molecule has 20 heavy (non-hydrogen) atoms. The highest BCUT2D eigenvalue weighted by atomic mass is 16.2. The van der Waals surface area contributed by atoms with E-state index in [1.165, 1.54) is 5.39 Å². The lowest BCUT2D eigenvalue weighted by atomic mass is 10.1. The fraction of sp³-hybridized carbons (Fsp3) is 0.312. The molecule has 0 unspecified atom stereocenters. The number of hydrogen-bond donors (Lipinski definition) is 3. The number of anilines is 1. The smallest absolute Gasteiger partial charge is 0.319 e. The van der Waals surface area contributed by atoms with Gasteiger partial charge < -0.3 is 16.0 Å². The molecule has 104 valence electrons. The molecule has 0 aromatic heterocycles. The SMILES string of the molecule is O=C(Nc1ccc2ccccc2c1)NC1CCNCC1. The molecule has 3 rings (SSSR count). The average Bonchev–Trinajstić information content (AvgIpc) is 2.48. The van der Waals surface area contributed by atoms with E-state index in [1.807, 2.05) is 36.4 Å². The van der Waals surface area contributed by atoms with Gasteiger partial charge in [-0.15, -0.1) is 0 Å². The van der Waals surface area contributed by atoms with Crippen LogP contribution in [0.4, 0.5) is 10.5 Å². The Hall–Kier alpha value is -2.07. The molecule has 3 N–H and O–H groups in total. The van der Waals surface area contributed by atoms with Crippen molar-refractivity contribution in [1.29, 1.82) is 0 Å². The van der Waals surface area contributed by atoms with Crippen LogP contribution in [0.15, 0.2) is 42.5 Å². The minimum atomic E-state index is -0.118. The first-order chi connectivity index (χ1) is 9.81. The quantitative estimate of drug-likeness (QED) is 0.785. The standard InChI is InChI=1S/C16H19N3O/c20-16(18-14-7-9-17-10-8-14)19-15-6-5-12-3-1-2-4-13(12)11-15/h1-6,11,14,17H,7-10H2,(H2,18,19,20). The number of carbonyl (C=O) groups excluding carboxylic acids is 1. The number of hydrogen-bond acceptors (Lipinski definition) is 2. The molecule has 0 aliphatic carbocycles. The van der Waals surface area contributed by atoms with Crippen molar-refractivity contribution in [2.45, 2.75) is 18.9 Å². The third-order valence-corrected chi connectivity index (χ3v) is 3.68. The lowest BCUT2D eigenvalue weighted by Crippen LogP contribution is -2.44. The fourth-order valence-corrected chi connectivity index (χ4v) is 2.59. The second-order valence-electron chi connectivity index (χ2n) is 5.18. The van der Waals surface area contributed by atoms with Crippen LogP contribution in [0.2, 0.25) is 0 Å². The summed E-state index contributed by atoms with van der Waals surface area (Å²) >= 11 is 0. The van der Waals surface area contributed by atoms with E-state index in [0.717, 1.165) is 37.0 Å². The summed E-state index contributed by atoms with van der Waals surface area (Å²) in [6.07, 6.45) is 1.98. The minimum absolute atomic E-state index is 0.118. The average molecular weight is 269 g/mol. The van der Waals surface area contributed by atoms with Gasteiger partial charge in [-0.2, -0.15) is 0 Å². The second-order valence-corrected chi connectivity index (χ2v) is 5.18. The van der Waals surface area contributed by atoms with Gasteiger partial charge >= 0.3 is 6.03 Å². The van der Waals surface area contributed by atoms with Crippen molar-refractivity contribution >= 4 is 22.5 Å². The Morgan fingerprint density at radius 1 is 1.05 bits per heavy atom. The Bertz CT molecular complexity index is 605. The first-order valence-corrected chi connectivity index (χ1v) is 7.08. The lowest BCUT2D eigenvalue weighted by molar-refractivity contribution is 0.245. The van der Waals surface area contributed by atoms with Crippen LogP contribution in [0.1, 0.15) is 12.8 Å². The molecule has 1 fully saturated rings. The maximum absolute atomic E-state index is 12.0. The van der Waals surface area contributed by atoms with Crippen LogP contribution in [0.5, 0.6) is 0 Å². The number of piperidine rings is 1. The zero-order chi connectivity index (χ0) is 13.8. The first-order valence-electron chi connectivity index (χ1n) is 7.08. The number of urea groups is 1. The van der Waals surface area contributed by atoms with Crippen molar-refractivity contribution in [3.05, 3.63) is 42.5 Å². The van der Waals surface area contributed by atoms with E-state index in [0.29, 0.717) is 0 Å². The number of fused-ring (bicyclic) bond motifs is 1. The van der Waals surface area contributed by atoms with Gasteiger partial charge in [-0.05, 0) is 48.8 Å². The number of rotatable bonds is 2. The van der Waals surface area contributed by atoms with Crippen LogP contribution in [0.3, 0.4) is 0 Å². The molecule has 1 saturated heterocycles. The van der Waals surface area contributed by atoms with Crippen LogP contribution in [0.25, 0.3) is 10.8 Å². The van der Waals surface area contributed by atoms with E-state index in [1.54, 1.807) is 0 Å².